The molecule has 3 heteroatoms. The average Bonchev–Trinajstić information content (AvgIpc) is 2.95. The van der Waals surface area contributed by atoms with E-state index in [-0.39, 0.29) is 0 Å². The Balaban J connectivity index is 1.50. The number of hydrogen-bond donors (Lipinski definition) is 2. The van der Waals surface area contributed by atoms with Crippen LogP contribution in [-0.2, 0) is 4.79 Å². The van der Waals surface area contributed by atoms with Gasteiger partial charge in [-0.25, -0.2) is 4.79 Å². The van der Waals surface area contributed by atoms with E-state index in [4.69, 9.17) is 5.11 Å². The van der Waals surface area contributed by atoms with E-state index in [0.29, 0.717) is 23.2 Å². The number of aliphatic hydroxyl groups is 1. The minimum atomic E-state index is -1.18. The van der Waals surface area contributed by atoms with Crippen LogP contribution in [0.15, 0.2) is 11.6 Å². The van der Waals surface area contributed by atoms with E-state index >= 15 is 0 Å². The van der Waals surface area contributed by atoms with E-state index < -0.39 is 12.1 Å². The Morgan fingerprint density at radius 1 is 1.19 bits per heavy atom. The molecule has 2 N–H and O–H groups in total. The van der Waals surface area contributed by atoms with Crippen molar-refractivity contribution in [2.75, 3.05) is 0 Å². The van der Waals surface area contributed by atoms with Gasteiger partial charge in [-0.1, -0.05) is 25.5 Å². The highest BCUT2D eigenvalue weighted by Crippen LogP contribution is 2.67. The Bertz CT molecular complexity index is 596. The van der Waals surface area contributed by atoms with Crippen LogP contribution in [0.25, 0.3) is 0 Å². The number of allylic oxidation sites excluding steroid dienone is 2. The second kappa shape index (κ2) is 6.65. The van der Waals surface area contributed by atoms with Gasteiger partial charge in [0.2, 0.25) is 0 Å². The van der Waals surface area contributed by atoms with Gasteiger partial charge in [-0.2, -0.15) is 0 Å². The molecule has 3 fully saturated rings. The van der Waals surface area contributed by atoms with E-state index in [1.165, 1.54) is 57.8 Å². The summed E-state index contributed by atoms with van der Waals surface area (Å²) >= 11 is 0. The summed E-state index contributed by atoms with van der Waals surface area (Å²) in [6.45, 7) is 5.06. The zero-order valence-electron chi connectivity index (χ0n) is 16.5. The highest BCUT2D eigenvalue weighted by molar-refractivity contribution is 5.71. The zero-order valence-corrected chi connectivity index (χ0v) is 16.5. The van der Waals surface area contributed by atoms with Gasteiger partial charge in [0.25, 0.3) is 0 Å². The van der Waals surface area contributed by atoms with Crippen LogP contribution in [0.2, 0.25) is 0 Å². The standard InChI is InChI=1S/C23H36O3/c1-22-13-4-3-5-15(22)6-9-17-18-10-7-16(8-11-20(24)21(25)26)23(18,2)14-12-19(17)22/h5,16-20,24H,3-4,6-14H2,1-2H3,(H,25,26)/t16-,17+,18+,19+,20?,22+,23-/m1/s1. The fraction of sp³-hybridized carbons (Fsp3) is 0.870. The number of hydrogen-bond acceptors (Lipinski definition) is 2. The Morgan fingerprint density at radius 3 is 2.77 bits per heavy atom. The molecule has 0 heterocycles. The Labute approximate surface area is 158 Å². The number of aliphatic hydroxyl groups excluding tert-OH is 1. The maximum Gasteiger partial charge on any atom is 0.332 e. The third-order valence-electron chi connectivity index (χ3n) is 9.30. The molecule has 0 bridgehead atoms. The van der Waals surface area contributed by atoms with Crippen LogP contribution in [0.1, 0.15) is 84.5 Å². The summed E-state index contributed by atoms with van der Waals surface area (Å²) in [6, 6.07) is 0. The molecule has 4 aliphatic rings. The number of fused-ring (bicyclic) bond motifs is 5. The van der Waals surface area contributed by atoms with Crippen molar-refractivity contribution in [3.8, 4) is 0 Å². The summed E-state index contributed by atoms with van der Waals surface area (Å²) < 4.78 is 0. The van der Waals surface area contributed by atoms with E-state index in [0.717, 1.165) is 24.2 Å². The Hall–Kier alpha value is -0.830. The molecule has 146 valence electrons. The first-order valence-electron chi connectivity index (χ1n) is 11.0. The van der Waals surface area contributed by atoms with E-state index in [9.17, 15) is 9.90 Å². The fourth-order valence-electron chi connectivity index (χ4n) is 7.82. The lowest BCUT2D eigenvalue weighted by molar-refractivity contribution is -0.147. The second-order valence-electron chi connectivity index (χ2n) is 10.2. The lowest BCUT2D eigenvalue weighted by Crippen LogP contribution is -2.50. The van der Waals surface area contributed by atoms with Gasteiger partial charge in [-0.15, -0.1) is 0 Å². The van der Waals surface area contributed by atoms with Crippen molar-refractivity contribution < 1.29 is 15.0 Å². The summed E-state index contributed by atoms with van der Waals surface area (Å²) in [4.78, 5) is 11.0. The van der Waals surface area contributed by atoms with Crippen LogP contribution in [0, 0.1) is 34.5 Å². The van der Waals surface area contributed by atoms with Gasteiger partial charge in [-0.3, -0.25) is 0 Å². The number of rotatable bonds is 4. The predicted octanol–water partition coefficient (Wildman–Crippen LogP) is 5.18. The molecule has 0 amide bonds. The molecule has 4 aliphatic carbocycles. The lowest BCUT2D eigenvalue weighted by Gasteiger charge is -2.58. The van der Waals surface area contributed by atoms with E-state index in [2.05, 4.69) is 19.9 Å². The van der Waals surface area contributed by atoms with Crippen molar-refractivity contribution in [1.29, 1.82) is 0 Å². The largest absolute Gasteiger partial charge is 0.479 e. The summed E-state index contributed by atoms with van der Waals surface area (Å²) in [6.07, 6.45) is 14.6. The molecule has 0 radical (unpaired) electrons. The number of carboxylic acids is 1. The van der Waals surface area contributed by atoms with Crippen molar-refractivity contribution in [2.45, 2.75) is 90.6 Å². The molecular formula is C23H36O3. The molecule has 1 unspecified atom stereocenters. The minimum absolute atomic E-state index is 0.367. The minimum Gasteiger partial charge on any atom is -0.479 e. The highest BCUT2D eigenvalue weighted by atomic mass is 16.4. The quantitative estimate of drug-likeness (QED) is 0.679. The van der Waals surface area contributed by atoms with Crippen LogP contribution < -0.4 is 0 Å². The summed E-state index contributed by atoms with van der Waals surface area (Å²) in [7, 11) is 0. The number of carboxylic acid groups (broad SMARTS) is 1. The second-order valence-corrected chi connectivity index (χ2v) is 10.2. The van der Waals surface area contributed by atoms with Gasteiger partial charge in [0, 0.05) is 0 Å². The van der Waals surface area contributed by atoms with Gasteiger partial charge in [0.15, 0.2) is 6.10 Å². The van der Waals surface area contributed by atoms with Gasteiger partial charge < -0.3 is 10.2 Å². The van der Waals surface area contributed by atoms with Crippen molar-refractivity contribution in [3.05, 3.63) is 11.6 Å². The average molecular weight is 361 g/mol. The molecule has 3 saturated carbocycles. The maximum atomic E-state index is 11.0. The molecule has 0 aromatic carbocycles. The van der Waals surface area contributed by atoms with Crippen LogP contribution in [0.3, 0.4) is 0 Å². The molecule has 26 heavy (non-hydrogen) atoms. The van der Waals surface area contributed by atoms with E-state index in [1.807, 2.05) is 0 Å². The third-order valence-corrected chi connectivity index (χ3v) is 9.30. The van der Waals surface area contributed by atoms with Crippen LogP contribution in [0.5, 0.6) is 0 Å². The lowest BCUT2D eigenvalue weighted by atomic mass is 9.47. The molecule has 3 nitrogen and oxygen atoms in total. The predicted molar refractivity (Wildman–Crippen MR) is 103 cm³/mol. The number of carbonyl (C=O) groups is 1. The molecule has 0 aromatic heterocycles. The third kappa shape index (κ3) is 2.77. The van der Waals surface area contributed by atoms with Crippen LogP contribution >= 0.6 is 0 Å². The summed E-state index contributed by atoms with van der Waals surface area (Å²) in [5.41, 5.74) is 2.60. The number of aliphatic carboxylic acids is 1. The van der Waals surface area contributed by atoms with Gasteiger partial charge >= 0.3 is 5.97 Å². The molecule has 0 spiro atoms. The van der Waals surface area contributed by atoms with Crippen molar-refractivity contribution in [1.82, 2.24) is 0 Å². The van der Waals surface area contributed by atoms with Crippen molar-refractivity contribution in [2.24, 2.45) is 34.5 Å². The van der Waals surface area contributed by atoms with E-state index in [1.54, 1.807) is 5.57 Å². The maximum absolute atomic E-state index is 11.0. The fourth-order valence-corrected chi connectivity index (χ4v) is 7.82. The van der Waals surface area contributed by atoms with Crippen LogP contribution in [-0.4, -0.2) is 22.3 Å². The highest BCUT2D eigenvalue weighted by Gasteiger charge is 2.58. The van der Waals surface area contributed by atoms with Gasteiger partial charge in [0.05, 0.1) is 0 Å². The normalized spacial score (nSPS) is 45.9. The first-order chi connectivity index (χ1) is 12.4. The summed E-state index contributed by atoms with van der Waals surface area (Å²) in [5.74, 6) is 2.07. The monoisotopic (exact) mass is 360 g/mol. The van der Waals surface area contributed by atoms with Crippen LogP contribution in [0.4, 0.5) is 0 Å². The SMILES string of the molecule is C[C@]12CC[C@H]3[C@@H](CCC4=CCCC[C@@]43C)[C@@H]1CC[C@@H]2CCC(O)C(=O)O. The smallest absolute Gasteiger partial charge is 0.332 e. The van der Waals surface area contributed by atoms with Crippen molar-refractivity contribution >= 4 is 5.97 Å². The molecule has 4 rings (SSSR count). The molecule has 0 aromatic rings. The first kappa shape index (κ1) is 18.5. The molecular weight excluding hydrogens is 324 g/mol. The Kier molecular flexibility index (Phi) is 4.74. The first-order valence-corrected chi connectivity index (χ1v) is 11.0. The molecule has 0 saturated heterocycles. The topological polar surface area (TPSA) is 57.5 Å². The zero-order chi connectivity index (χ0) is 18.5. The Morgan fingerprint density at radius 2 is 2.00 bits per heavy atom. The van der Waals surface area contributed by atoms with Gasteiger partial charge in [-0.05, 0) is 105 Å². The molecule has 0 aliphatic heterocycles. The summed E-state index contributed by atoms with van der Waals surface area (Å²) in [5, 5.41) is 18.7. The van der Waals surface area contributed by atoms with Crippen molar-refractivity contribution in [3.63, 3.8) is 0 Å². The molecule has 7 atom stereocenters. The van der Waals surface area contributed by atoms with Gasteiger partial charge in [0.1, 0.15) is 0 Å².